The molecule has 0 aromatic heterocycles. The number of hydrogen-bond acceptors (Lipinski definition) is 3. The molecule has 98 valence electrons. The molecule has 1 aliphatic heterocycles. The minimum Gasteiger partial charge on any atom is -0.456 e. The van der Waals surface area contributed by atoms with E-state index in [0.717, 1.165) is 18.2 Å². The summed E-state index contributed by atoms with van der Waals surface area (Å²) in [4.78, 5) is 10.7. The second-order valence-electron chi connectivity index (χ2n) is 3.94. The third kappa shape index (κ3) is 2.55. The van der Waals surface area contributed by atoms with Gasteiger partial charge >= 0.3 is 11.9 Å². The van der Waals surface area contributed by atoms with Gasteiger partial charge in [-0.15, -0.1) is 0 Å². The van der Waals surface area contributed by atoms with Crippen molar-refractivity contribution < 1.29 is 27.1 Å². The van der Waals surface area contributed by atoms with E-state index >= 15 is 0 Å². The van der Waals surface area contributed by atoms with Crippen LogP contribution in [-0.4, -0.2) is 24.5 Å². The van der Waals surface area contributed by atoms with Gasteiger partial charge in [0.2, 0.25) is 0 Å². The molecule has 7 heteroatoms. The Balaban J connectivity index is 1.97. The highest BCUT2D eigenvalue weighted by Gasteiger charge is 2.50. The lowest BCUT2D eigenvalue weighted by molar-refractivity contribution is -0.158. The first-order chi connectivity index (χ1) is 8.38. The van der Waals surface area contributed by atoms with Crippen molar-refractivity contribution in [3.8, 4) is 0 Å². The second-order valence-corrected chi connectivity index (χ2v) is 3.94. The molecule has 1 aromatic rings. The molecule has 1 fully saturated rings. The molecule has 0 amide bonds. The largest absolute Gasteiger partial charge is 0.456 e. The molecular weight excluding hydrogens is 254 g/mol. The van der Waals surface area contributed by atoms with Crippen LogP contribution >= 0.6 is 0 Å². The molecule has 3 nitrogen and oxygen atoms in total. The molecular formula is C11H9F4NO2. The lowest BCUT2D eigenvalue weighted by Gasteiger charge is -2.11. The predicted octanol–water partition coefficient (Wildman–Crippen LogP) is 2.33. The molecule has 1 aliphatic rings. The van der Waals surface area contributed by atoms with Crippen molar-refractivity contribution in [3.05, 3.63) is 29.8 Å². The zero-order valence-electron chi connectivity index (χ0n) is 9.05. The topological polar surface area (TPSA) is 38.3 Å². The Morgan fingerprint density at radius 1 is 1.39 bits per heavy atom. The summed E-state index contributed by atoms with van der Waals surface area (Å²) in [7, 11) is 0. The zero-order valence-corrected chi connectivity index (χ0v) is 9.05. The predicted molar refractivity (Wildman–Crippen MR) is 54.3 cm³/mol. The Morgan fingerprint density at radius 3 is 2.72 bits per heavy atom. The normalized spacial score (nSPS) is 21.8. The number of ether oxygens (including phenoxy) is 1. The maximum absolute atomic E-state index is 13.2. The molecule has 0 bridgehead atoms. The number of nitrogens with one attached hydrogen (secondary N) is 1. The van der Waals surface area contributed by atoms with Crippen LogP contribution in [0.4, 0.5) is 23.2 Å². The van der Waals surface area contributed by atoms with E-state index in [1.807, 2.05) is 0 Å². The summed E-state index contributed by atoms with van der Waals surface area (Å²) in [5.41, 5.74) is -0.165. The van der Waals surface area contributed by atoms with Crippen LogP contribution in [0.5, 0.6) is 0 Å². The van der Waals surface area contributed by atoms with E-state index in [1.54, 1.807) is 0 Å². The van der Waals surface area contributed by atoms with Crippen molar-refractivity contribution in [2.45, 2.75) is 18.4 Å². The van der Waals surface area contributed by atoms with Gasteiger partial charge in [0.1, 0.15) is 17.7 Å². The first-order valence-electron chi connectivity index (χ1n) is 5.16. The Morgan fingerprint density at radius 2 is 2.11 bits per heavy atom. The van der Waals surface area contributed by atoms with Gasteiger partial charge in [-0.3, -0.25) is 0 Å². The number of rotatable bonds is 3. The van der Waals surface area contributed by atoms with Crippen LogP contribution in [0.2, 0.25) is 0 Å². The van der Waals surface area contributed by atoms with E-state index in [9.17, 15) is 22.4 Å². The number of cyclic esters (lactones) is 1. The van der Waals surface area contributed by atoms with Crippen LogP contribution in [-0.2, 0) is 9.53 Å². The fraction of sp³-hybridized carbons (Fsp3) is 0.364. The molecule has 1 N–H and O–H groups in total. The van der Waals surface area contributed by atoms with Crippen molar-refractivity contribution >= 4 is 11.7 Å². The van der Waals surface area contributed by atoms with Crippen LogP contribution in [0.1, 0.15) is 6.42 Å². The first-order valence-corrected chi connectivity index (χ1v) is 5.16. The summed E-state index contributed by atoms with van der Waals surface area (Å²) in [6.45, 7) is -0.207. The van der Waals surface area contributed by atoms with Crippen molar-refractivity contribution in [2.24, 2.45) is 0 Å². The summed E-state index contributed by atoms with van der Waals surface area (Å²) in [6, 6.07) is 2.74. The third-order valence-corrected chi connectivity index (χ3v) is 2.50. The molecule has 18 heavy (non-hydrogen) atoms. The molecule has 0 radical (unpaired) electrons. The molecule has 0 spiro atoms. The fourth-order valence-corrected chi connectivity index (χ4v) is 1.62. The average Bonchev–Trinajstić information content (AvgIpc) is 2.54. The number of carbonyl (C=O) groups is 1. The van der Waals surface area contributed by atoms with Crippen LogP contribution in [0.3, 0.4) is 0 Å². The number of halogens is 4. The molecule has 0 aliphatic carbocycles. The standard InChI is InChI=1S/C11H9F4NO2/c12-6-1-2-8(13)9(3-6)16-5-7-4-11(14,15)10(17)18-7/h1-3,7,16H,4-5H2. The smallest absolute Gasteiger partial charge is 0.377 e. The first kappa shape index (κ1) is 12.7. The SMILES string of the molecule is O=C1OC(CNc2cc(F)ccc2F)CC1(F)F. The van der Waals surface area contributed by atoms with Crippen LogP contribution in [0, 0.1) is 11.6 Å². The molecule has 2 rings (SSSR count). The Labute approximate surface area is 99.7 Å². The van der Waals surface area contributed by atoms with Gasteiger partial charge in [0.15, 0.2) is 0 Å². The van der Waals surface area contributed by atoms with E-state index < -0.39 is 36.1 Å². The number of benzene rings is 1. The molecule has 0 saturated carbocycles. The Kier molecular flexibility index (Phi) is 3.14. The van der Waals surface area contributed by atoms with E-state index in [1.165, 1.54) is 0 Å². The zero-order chi connectivity index (χ0) is 13.3. The van der Waals surface area contributed by atoms with E-state index in [4.69, 9.17) is 0 Å². The summed E-state index contributed by atoms with van der Waals surface area (Å²) < 4.78 is 56.1. The highest BCUT2D eigenvalue weighted by atomic mass is 19.3. The van der Waals surface area contributed by atoms with Crippen LogP contribution < -0.4 is 5.32 Å². The minimum absolute atomic E-state index is 0.165. The van der Waals surface area contributed by atoms with Gasteiger partial charge < -0.3 is 10.1 Å². The maximum Gasteiger partial charge on any atom is 0.377 e. The third-order valence-electron chi connectivity index (χ3n) is 2.50. The second kappa shape index (κ2) is 4.47. The van der Waals surface area contributed by atoms with E-state index in [-0.39, 0.29) is 12.2 Å². The number of hydrogen-bond donors (Lipinski definition) is 1. The molecule has 1 aromatic carbocycles. The van der Waals surface area contributed by atoms with Crippen molar-refractivity contribution in [3.63, 3.8) is 0 Å². The summed E-state index contributed by atoms with van der Waals surface area (Å²) in [6.07, 6.45) is -1.83. The Hall–Kier alpha value is -1.79. The monoisotopic (exact) mass is 263 g/mol. The summed E-state index contributed by atoms with van der Waals surface area (Å²) in [5.74, 6) is -6.47. The van der Waals surface area contributed by atoms with E-state index in [2.05, 4.69) is 10.1 Å². The lowest BCUT2D eigenvalue weighted by Crippen LogP contribution is -2.22. The van der Waals surface area contributed by atoms with Crippen LogP contribution in [0.15, 0.2) is 18.2 Å². The summed E-state index contributed by atoms with van der Waals surface area (Å²) in [5, 5.41) is 2.43. The highest BCUT2D eigenvalue weighted by molar-refractivity contribution is 5.79. The average molecular weight is 263 g/mol. The van der Waals surface area contributed by atoms with Gasteiger partial charge in [0.25, 0.3) is 0 Å². The summed E-state index contributed by atoms with van der Waals surface area (Å²) >= 11 is 0. The number of carbonyl (C=O) groups excluding carboxylic acids is 1. The van der Waals surface area contributed by atoms with Gasteiger partial charge in [-0.2, -0.15) is 8.78 Å². The van der Waals surface area contributed by atoms with Crippen molar-refractivity contribution in [2.75, 3.05) is 11.9 Å². The molecule has 1 atom stereocenters. The molecule has 1 unspecified atom stereocenters. The van der Waals surface area contributed by atoms with E-state index in [0.29, 0.717) is 0 Å². The van der Waals surface area contributed by atoms with Gasteiger partial charge in [-0.1, -0.05) is 0 Å². The van der Waals surface area contributed by atoms with Gasteiger partial charge in [0.05, 0.1) is 18.7 Å². The van der Waals surface area contributed by atoms with Gasteiger partial charge in [-0.05, 0) is 18.2 Å². The molecule has 1 heterocycles. The highest BCUT2D eigenvalue weighted by Crippen LogP contribution is 2.31. The van der Waals surface area contributed by atoms with Gasteiger partial charge in [0, 0.05) is 0 Å². The van der Waals surface area contributed by atoms with Crippen molar-refractivity contribution in [1.29, 1.82) is 0 Å². The van der Waals surface area contributed by atoms with Crippen molar-refractivity contribution in [1.82, 2.24) is 0 Å². The number of esters is 1. The maximum atomic E-state index is 13.2. The lowest BCUT2D eigenvalue weighted by atomic mass is 10.2. The quantitative estimate of drug-likeness (QED) is 0.672. The van der Waals surface area contributed by atoms with Crippen LogP contribution in [0.25, 0.3) is 0 Å². The number of anilines is 1. The van der Waals surface area contributed by atoms with Gasteiger partial charge in [-0.25, -0.2) is 13.6 Å². The molecule has 1 saturated heterocycles. The minimum atomic E-state index is -3.51. The number of alkyl halides is 2. The fourth-order valence-electron chi connectivity index (χ4n) is 1.62. The Bertz CT molecular complexity index is 478.